The maximum Gasteiger partial charge on any atom is 0.310 e. The van der Waals surface area contributed by atoms with E-state index in [4.69, 9.17) is 9.73 Å². The molecule has 2 heterocycles. The van der Waals surface area contributed by atoms with Crippen molar-refractivity contribution in [1.82, 2.24) is 9.80 Å². The number of aryl methyl sites for hydroxylation is 1. The summed E-state index contributed by atoms with van der Waals surface area (Å²) in [4.78, 5) is 20.7. The Hall–Kier alpha value is -2.93. The van der Waals surface area contributed by atoms with Crippen molar-refractivity contribution < 1.29 is 19.0 Å². The molecule has 0 saturated carbocycles. The predicted molar refractivity (Wildman–Crippen MR) is 113 cm³/mol. The zero-order valence-electron chi connectivity index (χ0n) is 17.5. The topological polar surface area (TPSA) is 65.4 Å². The molecule has 0 unspecified atom stereocenters. The first-order valence-electron chi connectivity index (χ1n) is 10.1. The van der Waals surface area contributed by atoms with Crippen molar-refractivity contribution >= 4 is 17.5 Å². The summed E-state index contributed by atoms with van der Waals surface area (Å²) in [5, 5.41) is 9.41. The number of fused-ring (bicyclic) bond motifs is 2. The molecule has 1 N–H and O–H groups in total. The van der Waals surface area contributed by atoms with Crippen LogP contribution < -0.4 is 4.74 Å². The van der Waals surface area contributed by atoms with Crippen LogP contribution in [0.25, 0.3) is 0 Å². The number of piperazine rings is 1. The van der Waals surface area contributed by atoms with E-state index in [-0.39, 0.29) is 5.82 Å². The van der Waals surface area contributed by atoms with Crippen molar-refractivity contribution in [3.63, 3.8) is 0 Å². The molecule has 158 valence electrons. The molecule has 1 saturated heterocycles. The summed E-state index contributed by atoms with van der Waals surface area (Å²) in [6, 6.07) is 10.3. The van der Waals surface area contributed by atoms with Gasteiger partial charge in [0.1, 0.15) is 23.1 Å². The number of carboxylic acid groups (broad SMARTS) is 1. The van der Waals surface area contributed by atoms with Gasteiger partial charge in [-0.2, -0.15) is 0 Å². The monoisotopic (exact) mass is 411 g/mol. The van der Waals surface area contributed by atoms with E-state index in [1.165, 1.54) is 12.1 Å². The molecule has 0 aromatic heterocycles. The Morgan fingerprint density at radius 1 is 1.13 bits per heavy atom. The average Bonchev–Trinajstić information content (AvgIpc) is 2.84. The minimum atomic E-state index is -0.789. The number of benzene rings is 2. The lowest BCUT2D eigenvalue weighted by Crippen LogP contribution is -2.52. The second-order valence-corrected chi connectivity index (χ2v) is 8.60. The quantitative estimate of drug-likeness (QED) is 0.826. The number of nitrogens with zero attached hydrogens (tertiary/aromatic N) is 3. The molecule has 4 rings (SSSR count). The van der Waals surface area contributed by atoms with E-state index in [9.17, 15) is 14.3 Å². The number of halogens is 1. The Kier molecular flexibility index (Phi) is 5.24. The fourth-order valence-electron chi connectivity index (χ4n) is 3.85. The SMILES string of the molecule is Cc1ccc2c(c1)C(N1CCN(CC(C)(C)C(=O)O)CC1)=Nc1ccc(F)cc1O2. The molecule has 2 aliphatic heterocycles. The van der Waals surface area contributed by atoms with E-state index >= 15 is 0 Å². The lowest BCUT2D eigenvalue weighted by Gasteiger charge is -2.39. The highest BCUT2D eigenvalue weighted by atomic mass is 19.1. The second kappa shape index (κ2) is 7.72. The molecule has 0 radical (unpaired) electrons. The van der Waals surface area contributed by atoms with E-state index in [2.05, 4.69) is 9.80 Å². The molecule has 0 atom stereocenters. The number of rotatable bonds is 3. The van der Waals surface area contributed by atoms with Gasteiger partial charge in [0.25, 0.3) is 0 Å². The number of hydrogen-bond donors (Lipinski definition) is 1. The van der Waals surface area contributed by atoms with Gasteiger partial charge in [0.05, 0.1) is 11.0 Å². The van der Waals surface area contributed by atoms with Gasteiger partial charge in [-0.05, 0) is 45.0 Å². The molecule has 0 aliphatic carbocycles. The van der Waals surface area contributed by atoms with Crippen LogP contribution in [0, 0.1) is 18.2 Å². The van der Waals surface area contributed by atoms with E-state index in [1.54, 1.807) is 19.9 Å². The molecule has 0 spiro atoms. The molecule has 2 aliphatic rings. The normalized spacial score (nSPS) is 16.8. The molecular formula is C23H26FN3O3. The third-order valence-corrected chi connectivity index (χ3v) is 5.61. The van der Waals surface area contributed by atoms with Gasteiger partial charge in [0, 0.05) is 38.8 Å². The Labute approximate surface area is 175 Å². The largest absolute Gasteiger partial charge is 0.481 e. The van der Waals surface area contributed by atoms with Gasteiger partial charge in [-0.1, -0.05) is 11.6 Å². The van der Waals surface area contributed by atoms with Gasteiger partial charge in [0.15, 0.2) is 5.75 Å². The summed E-state index contributed by atoms with van der Waals surface area (Å²) in [6.07, 6.45) is 0. The van der Waals surface area contributed by atoms with Crippen LogP contribution in [0.3, 0.4) is 0 Å². The zero-order chi connectivity index (χ0) is 21.5. The summed E-state index contributed by atoms with van der Waals surface area (Å²) in [7, 11) is 0. The van der Waals surface area contributed by atoms with Crippen molar-refractivity contribution in [2.75, 3.05) is 32.7 Å². The van der Waals surface area contributed by atoms with Gasteiger partial charge >= 0.3 is 5.97 Å². The highest BCUT2D eigenvalue weighted by Crippen LogP contribution is 2.39. The van der Waals surface area contributed by atoms with Crippen LogP contribution >= 0.6 is 0 Å². The van der Waals surface area contributed by atoms with Gasteiger partial charge in [-0.3, -0.25) is 9.69 Å². The fraction of sp³-hybridized carbons (Fsp3) is 0.391. The number of carbonyl (C=O) groups is 1. The molecule has 2 aromatic carbocycles. The van der Waals surface area contributed by atoms with E-state index in [0.717, 1.165) is 43.1 Å². The lowest BCUT2D eigenvalue weighted by atomic mass is 9.93. The van der Waals surface area contributed by atoms with Crippen molar-refractivity contribution in [2.45, 2.75) is 20.8 Å². The lowest BCUT2D eigenvalue weighted by molar-refractivity contribution is -0.148. The standard InChI is InChI=1S/C23H26FN3O3/c1-15-4-7-19-17(12-15)21(25-18-6-5-16(24)13-20(18)30-19)27-10-8-26(9-11-27)14-23(2,3)22(28)29/h4-7,12-13H,8-11,14H2,1-3H3,(H,28,29). The summed E-state index contributed by atoms with van der Waals surface area (Å²) < 4.78 is 19.8. The highest BCUT2D eigenvalue weighted by Gasteiger charge is 2.32. The summed E-state index contributed by atoms with van der Waals surface area (Å²) in [5.41, 5.74) is 1.77. The first-order valence-corrected chi connectivity index (χ1v) is 10.1. The first kappa shape index (κ1) is 20.3. The smallest absolute Gasteiger partial charge is 0.310 e. The molecule has 7 heteroatoms. The van der Waals surface area contributed by atoms with Gasteiger partial charge < -0.3 is 14.7 Å². The van der Waals surface area contributed by atoms with Gasteiger partial charge in [-0.15, -0.1) is 0 Å². The molecule has 30 heavy (non-hydrogen) atoms. The van der Waals surface area contributed by atoms with Crippen molar-refractivity contribution in [1.29, 1.82) is 0 Å². The predicted octanol–water partition coefficient (Wildman–Crippen LogP) is 4.05. The molecule has 6 nitrogen and oxygen atoms in total. The first-order chi connectivity index (χ1) is 14.2. The van der Waals surface area contributed by atoms with Crippen LogP contribution in [0.1, 0.15) is 25.0 Å². The molecule has 0 amide bonds. The second-order valence-electron chi connectivity index (χ2n) is 8.60. The molecule has 1 fully saturated rings. The third-order valence-electron chi connectivity index (χ3n) is 5.61. The van der Waals surface area contributed by atoms with Crippen molar-refractivity contribution in [3.8, 4) is 11.5 Å². The van der Waals surface area contributed by atoms with Gasteiger partial charge in [-0.25, -0.2) is 9.38 Å². The summed E-state index contributed by atoms with van der Waals surface area (Å²) >= 11 is 0. The van der Waals surface area contributed by atoms with Crippen LogP contribution in [0.15, 0.2) is 41.4 Å². The minimum Gasteiger partial charge on any atom is -0.481 e. The molecule has 0 bridgehead atoms. The minimum absolute atomic E-state index is 0.365. The van der Waals surface area contributed by atoms with Crippen LogP contribution in [0.2, 0.25) is 0 Å². The number of carboxylic acids is 1. The summed E-state index contributed by atoms with van der Waals surface area (Å²) in [5.74, 6) is 0.700. The number of hydrogen-bond acceptors (Lipinski definition) is 5. The fourth-order valence-corrected chi connectivity index (χ4v) is 3.85. The number of aliphatic carboxylic acids is 1. The van der Waals surface area contributed by atoms with Gasteiger partial charge in [0.2, 0.25) is 0 Å². The number of aliphatic imine (C=N–C) groups is 1. The number of amidine groups is 1. The number of ether oxygens (including phenoxy) is 1. The third kappa shape index (κ3) is 4.03. The Bertz CT molecular complexity index is 1010. The van der Waals surface area contributed by atoms with Crippen molar-refractivity contribution in [3.05, 3.63) is 53.3 Å². The Balaban J connectivity index is 1.62. The zero-order valence-corrected chi connectivity index (χ0v) is 17.5. The average molecular weight is 411 g/mol. The van der Waals surface area contributed by atoms with Crippen molar-refractivity contribution in [2.24, 2.45) is 10.4 Å². The van der Waals surface area contributed by atoms with Crippen LogP contribution in [0.4, 0.5) is 10.1 Å². The van der Waals surface area contributed by atoms with Crippen LogP contribution in [0.5, 0.6) is 11.5 Å². The molecule has 2 aromatic rings. The van der Waals surface area contributed by atoms with Crippen LogP contribution in [-0.2, 0) is 4.79 Å². The maximum absolute atomic E-state index is 13.8. The summed E-state index contributed by atoms with van der Waals surface area (Å²) in [6.45, 7) is 8.96. The van der Waals surface area contributed by atoms with E-state index in [0.29, 0.717) is 23.7 Å². The maximum atomic E-state index is 13.8. The van der Waals surface area contributed by atoms with E-state index < -0.39 is 11.4 Å². The van der Waals surface area contributed by atoms with E-state index in [1.807, 2.05) is 25.1 Å². The molecular weight excluding hydrogens is 385 g/mol. The Morgan fingerprint density at radius 3 is 2.57 bits per heavy atom. The Morgan fingerprint density at radius 2 is 1.87 bits per heavy atom. The van der Waals surface area contributed by atoms with Crippen LogP contribution in [-0.4, -0.2) is 59.4 Å². The highest BCUT2D eigenvalue weighted by molar-refractivity contribution is 6.04.